The second-order valence-electron chi connectivity index (χ2n) is 6.47. The van der Waals surface area contributed by atoms with Crippen LogP contribution in [0.25, 0.3) is 20.7 Å². The van der Waals surface area contributed by atoms with Gasteiger partial charge >= 0.3 is 0 Å². The van der Waals surface area contributed by atoms with Crippen molar-refractivity contribution in [2.75, 3.05) is 0 Å². The Labute approximate surface area is 159 Å². The third-order valence-corrected chi connectivity index (χ3v) is 5.67. The molecule has 5 nitrogen and oxygen atoms in total. The number of thiophene rings is 1. The number of hydrogen-bond acceptors (Lipinski definition) is 5. The van der Waals surface area contributed by atoms with E-state index in [4.69, 9.17) is 0 Å². The summed E-state index contributed by atoms with van der Waals surface area (Å²) in [6.07, 6.45) is 0. The van der Waals surface area contributed by atoms with Gasteiger partial charge in [0, 0.05) is 10.4 Å². The molecule has 4 aromatic rings. The minimum Gasteiger partial charge on any atom is -0.292 e. The van der Waals surface area contributed by atoms with E-state index in [2.05, 4.69) is 10.3 Å². The van der Waals surface area contributed by atoms with E-state index >= 15 is 0 Å². The molecule has 27 heavy (non-hydrogen) atoms. The van der Waals surface area contributed by atoms with Crippen LogP contribution >= 0.6 is 11.3 Å². The van der Waals surface area contributed by atoms with Gasteiger partial charge in [-0.25, -0.2) is 4.68 Å². The molecule has 0 bridgehead atoms. The lowest BCUT2D eigenvalue weighted by molar-refractivity contribution is 0.0964. The molecular weight excluding hydrogens is 358 g/mol. The molecule has 2 aromatic heterocycles. The summed E-state index contributed by atoms with van der Waals surface area (Å²) in [5.74, 6) is -0.160. The molecule has 0 fully saturated rings. The van der Waals surface area contributed by atoms with Crippen LogP contribution in [0.15, 0.2) is 59.4 Å². The van der Waals surface area contributed by atoms with Crippen molar-refractivity contribution in [3.05, 3.63) is 81.6 Å². The fourth-order valence-electron chi connectivity index (χ4n) is 2.87. The Balaban J connectivity index is 1.68. The maximum Gasteiger partial charge on any atom is 0.278 e. The van der Waals surface area contributed by atoms with Gasteiger partial charge in [-0.1, -0.05) is 47.7 Å². The van der Waals surface area contributed by atoms with Gasteiger partial charge in [-0.2, -0.15) is 0 Å². The maximum absolute atomic E-state index is 12.8. The predicted molar refractivity (Wildman–Crippen MR) is 107 cm³/mol. The zero-order chi connectivity index (χ0) is 19.0. The van der Waals surface area contributed by atoms with Crippen molar-refractivity contribution in [1.82, 2.24) is 15.0 Å². The summed E-state index contributed by atoms with van der Waals surface area (Å²) in [5.41, 5.74) is 3.46. The normalized spacial score (nSPS) is 11.0. The number of nitrogens with zero attached hydrogens (tertiary/aromatic N) is 3. The smallest absolute Gasteiger partial charge is 0.278 e. The number of hydrogen-bond donors (Lipinski definition) is 0. The average Bonchev–Trinajstić information content (AvgIpc) is 3.12. The third kappa shape index (κ3) is 3.31. The van der Waals surface area contributed by atoms with Crippen molar-refractivity contribution in [3.63, 3.8) is 0 Å². The molecule has 0 spiro atoms. The van der Waals surface area contributed by atoms with Crippen LogP contribution in [0.1, 0.15) is 21.5 Å². The van der Waals surface area contributed by atoms with Crippen molar-refractivity contribution < 1.29 is 4.79 Å². The van der Waals surface area contributed by atoms with Crippen molar-refractivity contribution in [2.24, 2.45) is 0 Å². The highest BCUT2D eigenvalue weighted by molar-refractivity contribution is 7.21. The fourth-order valence-corrected chi connectivity index (χ4v) is 3.85. The summed E-state index contributed by atoms with van der Waals surface area (Å²) in [7, 11) is 0. The van der Waals surface area contributed by atoms with Crippen LogP contribution in [-0.4, -0.2) is 20.8 Å². The number of carbonyl (C=O) groups is 1. The van der Waals surface area contributed by atoms with Gasteiger partial charge in [-0.3, -0.25) is 9.59 Å². The van der Waals surface area contributed by atoms with Gasteiger partial charge in [-0.15, -0.1) is 16.4 Å². The van der Waals surface area contributed by atoms with Gasteiger partial charge in [0.05, 0.1) is 5.39 Å². The van der Waals surface area contributed by atoms with Crippen LogP contribution in [-0.2, 0) is 6.54 Å². The number of aromatic nitrogens is 3. The minimum absolute atomic E-state index is 0.124. The predicted octanol–water partition coefficient (Wildman–Crippen LogP) is 4.02. The summed E-state index contributed by atoms with van der Waals surface area (Å²) in [4.78, 5) is 26.9. The molecule has 0 saturated carbocycles. The Bertz CT molecular complexity index is 1210. The van der Waals surface area contributed by atoms with Crippen LogP contribution in [0.4, 0.5) is 0 Å². The van der Waals surface area contributed by atoms with Gasteiger partial charge < -0.3 is 0 Å². The van der Waals surface area contributed by atoms with Gasteiger partial charge in [0.2, 0.25) is 0 Å². The van der Waals surface area contributed by atoms with E-state index in [9.17, 15) is 9.59 Å². The lowest BCUT2D eigenvalue weighted by Crippen LogP contribution is -2.27. The van der Waals surface area contributed by atoms with Gasteiger partial charge in [0.1, 0.15) is 6.54 Å². The van der Waals surface area contributed by atoms with Gasteiger partial charge in [0.25, 0.3) is 5.56 Å². The van der Waals surface area contributed by atoms with Gasteiger partial charge in [-0.05, 0) is 42.7 Å². The largest absolute Gasteiger partial charge is 0.292 e. The van der Waals surface area contributed by atoms with E-state index in [1.807, 2.05) is 62.4 Å². The fraction of sp³-hybridized carbons (Fsp3) is 0.143. The highest BCUT2D eigenvalue weighted by atomic mass is 32.1. The molecule has 6 heteroatoms. The maximum atomic E-state index is 12.8. The molecule has 0 atom stereocenters. The van der Waals surface area contributed by atoms with Crippen molar-refractivity contribution in [3.8, 4) is 10.4 Å². The number of Topliss-reactive ketones (excluding diaryl/α,β-unsaturated/α-hetero) is 1. The molecule has 0 aliphatic carbocycles. The number of benzene rings is 2. The molecule has 0 amide bonds. The highest BCUT2D eigenvalue weighted by Crippen LogP contribution is 2.30. The Morgan fingerprint density at radius 1 is 1.04 bits per heavy atom. The molecule has 134 valence electrons. The molecule has 0 saturated heterocycles. The Morgan fingerprint density at radius 2 is 1.81 bits per heavy atom. The van der Waals surface area contributed by atoms with Crippen LogP contribution in [0.2, 0.25) is 0 Å². The molecule has 0 unspecified atom stereocenters. The first-order valence-corrected chi connectivity index (χ1v) is 9.38. The number of aryl methyl sites for hydroxylation is 2. The Morgan fingerprint density at radius 3 is 2.56 bits per heavy atom. The number of fused-ring (bicyclic) bond motifs is 1. The first-order valence-electron chi connectivity index (χ1n) is 8.56. The van der Waals surface area contributed by atoms with E-state index in [-0.39, 0.29) is 17.9 Å². The topological polar surface area (TPSA) is 64.8 Å². The van der Waals surface area contributed by atoms with Crippen molar-refractivity contribution in [2.45, 2.75) is 20.4 Å². The second kappa shape index (κ2) is 6.89. The van der Waals surface area contributed by atoms with E-state index in [1.54, 1.807) is 6.07 Å². The van der Waals surface area contributed by atoms with Gasteiger partial charge in [0.15, 0.2) is 10.6 Å². The zero-order valence-corrected chi connectivity index (χ0v) is 15.8. The van der Waals surface area contributed by atoms with Crippen LogP contribution in [0, 0.1) is 13.8 Å². The first-order chi connectivity index (χ1) is 13.0. The molecule has 0 radical (unpaired) electrons. The van der Waals surface area contributed by atoms with Crippen LogP contribution in [0.5, 0.6) is 0 Å². The molecule has 0 N–H and O–H groups in total. The summed E-state index contributed by atoms with van der Waals surface area (Å²) >= 11 is 1.42. The lowest BCUT2D eigenvalue weighted by Gasteiger charge is -2.05. The monoisotopic (exact) mass is 375 g/mol. The molecule has 0 aliphatic rings. The minimum atomic E-state index is -0.296. The van der Waals surface area contributed by atoms with Crippen molar-refractivity contribution in [1.29, 1.82) is 0 Å². The lowest BCUT2D eigenvalue weighted by atomic mass is 10.0. The van der Waals surface area contributed by atoms with E-state index in [1.165, 1.54) is 11.3 Å². The molecule has 2 heterocycles. The average molecular weight is 375 g/mol. The number of rotatable bonds is 4. The number of carbonyl (C=O) groups excluding carboxylic acids is 1. The standard InChI is InChI=1S/C21H17N3O2S/c1-13-8-9-16(10-14(13)2)18(25)12-24-21(26)17-11-19(27-20(17)22-23-24)15-6-4-3-5-7-15/h3-11H,12H2,1-2H3. The molecule has 4 rings (SSSR count). The van der Waals surface area contributed by atoms with E-state index < -0.39 is 0 Å². The summed E-state index contributed by atoms with van der Waals surface area (Å²) in [6, 6.07) is 17.2. The summed E-state index contributed by atoms with van der Waals surface area (Å²) < 4.78 is 1.14. The van der Waals surface area contributed by atoms with E-state index in [0.29, 0.717) is 15.8 Å². The molecule has 0 aliphatic heterocycles. The second-order valence-corrected chi connectivity index (χ2v) is 7.50. The number of ketones is 1. The SMILES string of the molecule is Cc1ccc(C(=O)Cn2nnc3sc(-c4ccccc4)cc3c2=O)cc1C. The Kier molecular flexibility index (Phi) is 4.41. The van der Waals surface area contributed by atoms with E-state index in [0.717, 1.165) is 26.2 Å². The first kappa shape index (κ1) is 17.3. The summed E-state index contributed by atoms with van der Waals surface area (Å²) in [6.45, 7) is 3.83. The third-order valence-electron chi connectivity index (χ3n) is 4.60. The van der Waals surface area contributed by atoms with Crippen LogP contribution in [0.3, 0.4) is 0 Å². The van der Waals surface area contributed by atoms with Crippen molar-refractivity contribution >= 4 is 27.3 Å². The summed E-state index contributed by atoms with van der Waals surface area (Å²) in [5, 5.41) is 8.60. The molecule has 2 aromatic carbocycles. The zero-order valence-electron chi connectivity index (χ0n) is 15.0. The molecular formula is C21H17N3O2S. The van der Waals surface area contributed by atoms with Crippen LogP contribution < -0.4 is 5.56 Å². The quantitative estimate of drug-likeness (QED) is 0.505. The highest BCUT2D eigenvalue weighted by Gasteiger charge is 2.14. The Hall–Kier alpha value is -3.12.